The summed E-state index contributed by atoms with van der Waals surface area (Å²) in [5.41, 5.74) is 2.10. The number of hydrogen-bond donors (Lipinski definition) is 2. The van der Waals surface area contributed by atoms with Gasteiger partial charge in [-0.1, -0.05) is 48.5 Å². The van der Waals surface area contributed by atoms with Gasteiger partial charge in [-0.15, -0.1) is 0 Å². The molecular formula is C22H27N3O2+2. The van der Waals surface area contributed by atoms with Crippen LogP contribution in [0.3, 0.4) is 0 Å². The molecule has 0 amide bonds. The van der Waals surface area contributed by atoms with Crippen LogP contribution in [0.15, 0.2) is 66.7 Å². The maximum Gasteiger partial charge on any atom is 0.276 e. The van der Waals surface area contributed by atoms with Crippen LogP contribution in [0.2, 0.25) is 0 Å². The zero-order valence-electron chi connectivity index (χ0n) is 15.5. The fourth-order valence-corrected chi connectivity index (χ4v) is 3.44. The third-order valence-electron chi connectivity index (χ3n) is 5.02. The Balaban J connectivity index is 1.42. The van der Waals surface area contributed by atoms with Gasteiger partial charge in [0, 0.05) is 6.07 Å². The third kappa shape index (κ3) is 5.88. The Kier molecular flexibility index (Phi) is 6.90. The lowest BCUT2D eigenvalue weighted by molar-refractivity contribution is -1.01. The summed E-state index contributed by atoms with van der Waals surface area (Å²) in [6, 6.07) is 17.3. The number of nitrogens with zero attached hydrogens (tertiary/aromatic N) is 1. The molecule has 0 unspecified atom stereocenters. The van der Waals surface area contributed by atoms with Gasteiger partial charge in [-0.25, -0.2) is 0 Å². The van der Waals surface area contributed by atoms with Crippen molar-refractivity contribution in [2.45, 2.75) is 0 Å². The van der Waals surface area contributed by atoms with E-state index in [9.17, 15) is 10.1 Å². The van der Waals surface area contributed by atoms with Crippen LogP contribution >= 0.6 is 0 Å². The van der Waals surface area contributed by atoms with Crippen LogP contribution in [-0.2, 0) is 0 Å². The zero-order valence-corrected chi connectivity index (χ0v) is 15.5. The fraction of sp³-hybridized carbons (Fsp3) is 0.273. The number of benzene rings is 2. The van der Waals surface area contributed by atoms with Crippen LogP contribution in [0.25, 0.3) is 12.2 Å². The summed E-state index contributed by atoms with van der Waals surface area (Å²) in [6.45, 7) is 6.57. The van der Waals surface area contributed by atoms with Crippen molar-refractivity contribution in [3.05, 3.63) is 88.0 Å². The summed E-state index contributed by atoms with van der Waals surface area (Å²) < 4.78 is 0. The van der Waals surface area contributed by atoms with E-state index in [0.29, 0.717) is 5.56 Å². The first-order valence-corrected chi connectivity index (χ1v) is 9.51. The Morgan fingerprint density at radius 1 is 0.815 bits per heavy atom. The molecule has 0 aliphatic carbocycles. The zero-order chi connectivity index (χ0) is 18.9. The van der Waals surface area contributed by atoms with Gasteiger partial charge >= 0.3 is 0 Å². The van der Waals surface area contributed by atoms with Gasteiger partial charge in [0.05, 0.1) is 23.6 Å². The second kappa shape index (κ2) is 9.80. The molecule has 0 saturated carbocycles. The highest BCUT2D eigenvalue weighted by atomic mass is 16.6. The minimum absolute atomic E-state index is 0.170. The largest absolute Gasteiger partial charge is 0.322 e. The van der Waals surface area contributed by atoms with Crippen LogP contribution in [0.5, 0.6) is 0 Å². The molecule has 0 spiro atoms. The molecule has 140 valence electrons. The van der Waals surface area contributed by atoms with Crippen LogP contribution in [0.4, 0.5) is 5.69 Å². The Hall–Kier alpha value is -2.76. The quantitative estimate of drug-likeness (QED) is 0.570. The molecule has 0 radical (unpaired) electrons. The third-order valence-corrected chi connectivity index (χ3v) is 5.02. The summed E-state index contributed by atoms with van der Waals surface area (Å²) >= 11 is 0. The standard InChI is InChI=1S/C22H25N3O2/c26-25(27)22-13-5-4-11-21(22)12-7-15-24-18-16-23(17-19-24)14-6-10-20-8-2-1-3-9-20/h1-13H,14-19H2/p+2/b10-6+,12-7+. The van der Waals surface area contributed by atoms with Crippen molar-refractivity contribution in [3.63, 3.8) is 0 Å². The first-order valence-electron chi connectivity index (χ1n) is 9.51. The number of rotatable bonds is 7. The Bertz CT molecular complexity index is 794. The fourth-order valence-electron chi connectivity index (χ4n) is 3.44. The van der Waals surface area contributed by atoms with Gasteiger partial charge in [-0.3, -0.25) is 10.1 Å². The van der Waals surface area contributed by atoms with Gasteiger partial charge in [-0.05, 0) is 29.9 Å². The maximum atomic E-state index is 11.1. The van der Waals surface area contributed by atoms with E-state index in [-0.39, 0.29) is 10.6 Å². The SMILES string of the molecule is O=[N+]([O-])c1ccccc1/C=C/C[NH+]1CC[NH+](C/C=C/c2ccccc2)CC1. The molecule has 1 fully saturated rings. The van der Waals surface area contributed by atoms with E-state index in [2.05, 4.69) is 42.5 Å². The average molecular weight is 365 g/mol. The van der Waals surface area contributed by atoms with E-state index in [1.807, 2.05) is 18.2 Å². The lowest BCUT2D eigenvalue weighted by atomic mass is 10.1. The van der Waals surface area contributed by atoms with E-state index < -0.39 is 0 Å². The van der Waals surface area contributed by atoms with Gasteiger partial charge in [0.15, 0.2) is 0 Å². The number of para-hydroxylation sites is 1. The second-order valence-corrected chi connectivity index (χ2v) is 6.94. The van der Waals surface area contributed by atoms with Crippen LogP contribution in [-0.4, -0.2) is 44.2 Å². The highest BCUT2D eigenvalue weighted by molar-refractivity contribution is 5.60. The van der Waals surface area contributed by atoms with Crippen molar-refractivity contribution in [2.24, 2.45) is 0 Å². The number of nitro groups is 1. The van der Waals surface area contributed by atoms with Crippen LogP contribution in [0.1, 0.15) is 11.1 Å². The van der Waals surface area contributed by atoms with E-state index in [4.69, 9.17) is 0 Å². The lowest BCUT2D eigenvalue weighted by Crippen LogP contribution is -3.28. The molecule has 5 heteroatoms. The van der Waals surface area contributed by atoms with E-state index in [1.54, 1.807) is 28.0 Å². The highest BCUT2D eigenvalue weighted by Gasteiger charge is 2.20. The van der Waals surface area contributed by atoms with E-state index in [1.165, 1.54) is 5.56 Å². The number of hydrogen-bond acceptors (Lipinski definition) is 2. The van der Waals surface area contributed by atoms with Crippen molar-refractivity contribution in [3.8, 4) is 0 Å². The molecule has 0 aromatic heterocycles. The Morgan fingerprint density at radius 2 is 1.37 bits per heavy atom. The predicted octanol–water partition coefficient (Wildman–Crippen LogP) is 1.10. The molecule has 1 saturated heterocycles. The van der Waals surface area contributed by atoms with Crippen LogP contribution < -0.4 is 9.80 Å². The van der Waals surface area contributed by atoms with Gasteiger partial charge in [0.1, 0.15) is 26.2 Å². The first-order chi connectivity index (χ1) is 13.2. The summed E-state index contributed by atoms with van der Waals surface area (Å²) in [5, 5.41) is 11.1. The number of piperazine rings is 1. The Morgan fingerprint density at radius 3 is 2.00 bits per heavy atom. The molecule has 3 rings (SSSR count). The molecule has 1 heterocycles. The molecule has 1 aliphatic heterocycles. The van der Waals surface area contributed by atoms with Crippen molar-refractivity contribution < 1.29 is 14.7 Å². The summed E-state index contributed by atoms with van der Waals surface area (Å²) in [5.74, 6) is 0. The van der Waals surface area contributed by atoms with E-state index in [0.717, 1.165) is 39.3 Å². The van der Waals surface area contributed by atoms with Crippen molar-refractivity contribution in [1.29, 1.82) is 0 Å². The van der Waals surface area contributed by atoms with Crippen molar-refractivity contribution in [1.82, 2.24) is 0 Å². The van der Waals surface area contributed by atoms with Gasteiger partial charge in [0.2, 0.25) is 0 Å². The number of nitrogens with one attached hydrogen (secondary N) is 2. The van der Waals surface area contributed by atoms with Crippen LogP contribution in [0, 0.1) is 10.1 Å². The minimum atomic E-state index is -0.322. The van der Waals surface area contributed by atoms with E-state index >= 15 is 0 Å². The molecule has 0 bridgehead atoms. The topological polar surface area (TPSA) is 52.0 Å². The monoisotopic (exact) mass is 365 g/mol. The number of quaternary nitrogens is 2. The molecule has 1 aliphatic rings. The smallest absolute Gasteiger partial charge is 0.276 e. The summed E-state index contributed by atoms with van der Waals surface area (Å²) in [7, 11) is 0. The molecule has 2 aromatic rings. The minimum Gasteiger partial charge on any atom is -0.322 e. The van der Waals surface area contributed by atoms with Crippen molar-refractivity contribution >= 4 is 17.8 Å². The van der Waals surface area contributed by atoms with Gasteiger partial charge in [-0.2, -0.15) is 0 Å². The lowest BCUT2D eigenvalue weighted by Gasteiger charge is -2.28. The molecule has 2 aromatic carbocycles. The maximum absolute atomic E-state index is 11.1. The molecular weight excluding hydrogens is 338 g/mol. The average Bonchev–Trinajstić information content (AvgIpc) is 2.70. The Labute approximate surface area is 160 Å². The highest BCUT2D eigenvalue weighted by Crippen LogP contribution is 2.18. The van der Waals surface area contributed by atoms with Gasteiger partial charge in [0.25, 0.3) is 5.69 Å². The molecule has 2 N–H and O–H groups in total. The summed E-state index contributed by atoms with van der Waals surface area (Å²) in [6.07, 6.45) is 8.41. The predicted molar refractivity (Wildman–Crippen MR) is 109 cm³/mol. The van der Waals surface area contributed by atoms with Gasteiger partial charge < -0.3 is 9.80 Å². The van der Waals surface area contributed by atoms with Crippen molar-refractivity contribution in [2.75, 3.05) is 39.3 Å². The molecule has 0 atom stereocenters. The molecule has 27 heavy (non-hydrogen) atoms. The second-order valence-electron chi connectivity index (χ2n) is 6.94. The first kappa shape index (κ1) is 19.0. The summed E-state index contributed by atoms with van der Waals surface area (Å²) in [4.78, 5) is 13.9. The normalized spacial score (nSPS) is 20.3. The number of nitro benzene ring substituents is 1. The molecule has 5 nitrogen and oxygen atoms in total.